The van der Waals surface area contributed by atoms with Crippen molar-refractivity contribution in [2.45, 2.75) is 31.2 Å². The molecule has 0 saturated carbocycles. The van der Waals surface area contributed by atoms with E-state index in [4.69, 9.17) is 4.74 Å². The van der Waals surface area contributed by atoms with Gasteiger partial charge in [0.2, 0.25) is 10.0 Å². The van der Waals surface area contributed by atoms with Crippen LogP contribution in [-0.4, -0.2) is 62.4 Å². The van der Waals surface area contributed by atoms with E-state index in [-0.39, 0.29) is 5.54 Å². The van der Waals surface area contributed by atoms with Gasteiger partial charge in [-0.25, -0.2) is 13.0 Å². The fourth-order valence-electron chi connectivity index (χ4n) is 2.15. The molecule has 0 aliphatic carbocycles. The third-order valence-electron chi connectivity index (χ3n) is 3.90. The molecule has 1 aliphatic rings. The van der Waals surface area contributed by atoms with Crippen LogP contribution >= 0.6 is 0 Å². The fourth-order valence-corrected chi connectivity index (χ4v) is 3.73. The van der Waals surface area contributed by atoms with Crippen molar-refractivity contribution >= 4 is 16.2 Å². The maximum atomic E-state index is 12.9. The fraction of sp³-hybridized carbons (Fsp3) is 0.562. The van der Waals surface area contributed by atoms with Crippen LogP contribution in [0, 0.1) is 0 Å². The second kappa shape index (κ2) is 6.48. The lowest BCUT2D eigenvalue weighted by molar-refractivity contribution is -0.565. The normalized spacial score (nSPS) is 18.5. The van der Waals surface area contributed by atoms with Gasteiger partial charge in [-0.2, -0.15) is 4.31 Å². The summed E-state index contributed by atoms with van der Waals surface area (Å²) in [4.78, 5) is 0.355. The van der Waals surface area contributed by atoms with E-state index in [9.17, 15) is 8.42 Å². The predicted octanol–water partition coefficient (Wildman–Crippen LogP) is 1.57. The molecule has 6 heteroatoms. The Balaban J connectivity index is 2.44. The molecule has 0 radical (unpaired) electrons. The molecule has 0 atom stereocenters. The number of nitrogens with zero attached hydrogens (tertiary/aromatic N) is 2. The lowest BCUT2D eigenvalue weighted by Crippen LogP contribution is -2.41. The van der Waals surface area contributed by atoms with Gasteiger partial charge >= 0.3 is 0 Å². The first kappa shape index (κ1) is 17.1. The average Bonchev–Trinajstić information content (AvgIpc) is 2.47. The summed E-state index contributed by atoms with van der Waals surface area (Å²) in [6, 6.07) is 7.14. The second-order valence-corrected chi connectivity index (χ2v) is 8.37. The minimum absolute atomic E-state index is 0.0736. The molecule has 5 nitrogen and oxygen atoms in total. The van der Waals surface area contributed by atoms with Crippen molar-refractivity contribution in [3.8, 4) is 0 Å². The summed E-state index contributed by atoms with van der Waals surface area (Å²) in [7, 11) is -1.53. The first-order chi connectivity index (χ1) is 10.2. The van der Waals surface area contributed by atoms with Crippen LogP contribution in [0.1, 0.15) is 26.3 Å². The Morgan fingerprint density at radius 3 is 2.36 bits per heavy atom. The maximum Gasteiger partial charge on any atom is 0.244 e. The molecule has 1 saturated heterocycles. The van der Waals surface area contributed by atoms with Gasteiger partial charge in [-0.15, -0.1) is 0 Å². The molecule has 0 N–H and O–H groups in total. The zero-order chi connectivity index (χ0) is 16.4. The van der Waals surface area contributed by atoms with E-state index in [0.717, 1.165) is 0 Å². The monoisotopic (exact) mass is 325 g/mol. The number of ether oxygens (including phenoxy) is 1. The van der Waals surface area contributed by atoms with Gasteiger partial charge in [0.25, 0.3) is 0 Å². The highest BCUT2D eigenvalue weighted by Crippen LogP contribution is 2.20. The summed E-state index contributed by atoms with van der Waals surface area (Å²) in [6.45, 7) is 7.98. The van der Waals surface area contributed by atoms with Gasteiger partial charge < -0.3 is 4.74 Å². The Kier molecular flexibility index (Phi) is 5.04. The van der Waals surface area contributed by atoms with Gasteiger partial charge in [0.15, 0.2) is 11.8 Å². The number of benzene rings is 1. The van der Waals surface area contributed by atoms with Crippen molar-refractivity contribution in [2.24, 2.45) is 0 Å². The summed E-state index contributed by atoms with van der Waals surface area (Å²) >= 11 is 0. The molecule has 0 amide bonds. The van der Waals surface area contributed by atoms with Crippen LogP contribution in [-0.2, 0) is 14.8 Å². The highest BCUT2D eigenvalue weighted by molar-refractivity contribution is 7.89. The van der Waals surface area contributed by atoms with Crippen LogP contribution in [0.3, 0.4) is 0 Å². The predicted molar refractivity (Wildman–Crippen MR) is 87.1 cm³/mol. The molecule has 122 valence electrons. The van der Waals surface area contributed by atoms with Gasteiger partial charge in [-0.3, -0.25) is 0 Å². The van der Waals surface area contributed by atoms with Gasteiger partial charge in [-0.05, 0) is 32.9 Å². The molecule has 1 heterocycles. The molecular formula is C16H25N2O3S+. The highest BCUT2D eigenvalue weighted by Gasteiger charge is 2.29. The van der Waals surface area contributed by atoms with Crippen molar-refractivity contribution < 1.29 is 17.7 Å². The molecule has 1 fully saturated rings. The zero-order valence-corrected chi connectivity index (χ0v) is 14.6. The lowest BCUT2D eigenvalue weighted by Gasteiger charge is -2.26. The first-order valence-electron chi connectivity index (χ1n) is 7.47. The smallest absolute Gasteiger partial charge is 0.244 e. The summed E-state index contributed by atoms with van der Waals surface area (Å²) in [5, 5.41) is 0. The van der Waals surface area contributed by atoms with Gasteiger partial charge in [0, 0.05) is 13.1 Å². The zero-order valence-electron chi connectivity index (χ0n) is 13.7. The lowest BCUT2D eigenvalue weighted by atomic mass is 10.1. The standard InChI is InChI=1S/C16H25N2O3S/c1-16(2,3)17(4)13-14-7-5-6-8-15(14)22(19,20)18-9-11-21-12-10-18/h5-8,13H,9-12H2,1-4H3/q+1. The number of hydrogen-bond acceptors (Lipinski definition) is 3. The van der Waals surface area contributed by atoms with Crippen LogP contribution in [0.25, 0.3) is 0 Å². The minimum Gasteiger partial charge on any atom is -0.379 e. The van der Waals surface area contributed by atoms with Gasteiger partial charge in [0.1, 0.15) is 7.05 Å². The molecule has 0 aromatic heterocycles. The average molecular weight is 325 g/mol. The third kappa shape index (κ3) is 3.74. The Labute approximate surface area is 133 Å². The summed E-state index contributed by atoms with van der Waals surface area (Å²) in [5.41, 5.74) is 0.641. The van der Waals surface area contributed by atoms with Crippen molar-refractivity contribution in [1.29, 1.82) is 0 Å². The number of rotatable bonds is 3. The van der Waals surface area contributed by atoms with E-state index in [1.807, 2.05) is 30.0 Å². The summed E-state index contributed by atoms with van der Waals surface area (Å²) < 4.78 is 34.5. The number of sulfonamides is 1. The van der Waals surface area contributed by atoms with Crippen LogP contribution in [0.2, 0.25) is 0 Å². The topological polar surface area (TPSA) is 49.6 Å². The molecule has 0 spiro atoms. The highest BCUT2D eigenvalue weighted by atomic mass is 32.2. The molecule has 1 aliphatic heterocycles. The van der Waals surface area contributed by atoms with E-state index in [1.54, 1.807) is 12.1 Å². The van der Waals surface area contributed by atoms with Crippen LogP contribution in [0.4, 0.5) is 0 Å². The minimum atomic E-state index is -3.49. The Bertz CT molecular complexity index is 654. The van der Waals surface area contributed by atoms with Crippen molar-refractivity contribution in [1.82, 2.24) is 4.31 Å². The molecule has 0 unspecified atom stereocenters. The molecule has 0 bridgehead atoms. The second-order valence-electron chi connectivity index (χ2n) is 6.47. The number of hydrogen-bond donors (Lipinski definition) is 0. The molecule has 1 aromatic carbocycles. The Morgan fingerprint density at radius 1 is 1.18 bits per heavy atom. The molecule has 2 rings (SSSR count). The SMILES string of the molecule is C[N+](=Cc1ccccc1S(=O)(=O)N1CCOCC1)C(C)(C)C. The van der Waals surface area contributed by atoms with E-state index < -0.39 is 10.0 Å². The Morgan fingerprint density at radius 2 is 1.77 bits per heavy atom. The van der Waals surface area contributed by atoms with Crippen molar-refractivity contribution in [2.75, 3.05) is 33.4 Å². The summed E-state index contributed by atoms with van der Waals surface area (Å²) in [5.74, 6) is 0. The van der Waals surface area contributed by atoms with Crippen LogP contribution in [0.15, 0.2) is 29.2 Å². The van der Waals surface area contributed by atoms with Gasteiger partial charge in [0.05, 0.1) is 23.7 Å². The maximum absolute atomic E-state index is 12.9. The van der Waals surface area contributed by atoms with Crippen LogP contribution in [0.5, 0.6) is 0 Å². The quantitative estimate of drug-likeness (QED) is 0.626. The largest absolute Gasteiger partial charge is 0.379 e. The number of morpholine rings is 1. The summed E-state index contributed by atoms with van der Waals surface area (Å²) in [6.07, 6.45) is 1.90. The van der Waals surface area contributed by atoms with Crippen molar-refractivity contribution in [3.05, 3.63) is 29.8 Å². The van der Waals surface area contributed by atoms with E-state index in [2.05, 4.69) is 20.8 Å². The van der Waals surface area contributed by atoms with Crippen LogP contribution < -0.4 is 0 Å². The first-order valence-corrected chi connectivity index (χ1v) is 8.91. The Hall–Kier alpha value is -1.24. The van der Waals surface area contributed by atoms with Crippen molar-refractivity contribution in [3.63, 3.8) is 0 Å². The molecular weight excluding hydrogens is 300 g/mol. The van der Waals surface area contributed by atoms with E-state index in [0.29, 0.717) is 36.8 Å². The van der Waals surface area contributed by atoms with E-state index in [1.165, 1.54) is 4.31 Å². The van der Waals surface area contributed by atoms with E-state index >= 15 is 0 Å². The third-order valence-corrected chi connectivity index (χ3v) is 5.87. The molecule has 1 aromatic rings. The van der Waals surface area contributed by atoms with Gasteiger partial charge in [-0.1, -0.05) is 12.1 Å². The molecule has 22 heavy (non-hydrogen) atoms.